The van der Waals surface area contributed by atoms with Crippen LogP contribution in [0, 0.1) is 11.8 Å². The molecule has 0 aromatic carbocycles. The van der Waals surface area contributed by atoms with Gasteiger partial charge in [-0.2, -0.15) is 0 Å². The Morgan fingerprint density at radius 3 is 2.82 bits per heavy atom. The number of rotatable bonds is 3. The lowest BCUT2D eigenvalue weighted by Crippen LogP contribution is -2.25. The number of aliphatic hydroxyl groups excluding tert-OH is 1. The fourth-order valence-corrected chi connectivity index (χ4v) is 0.945. The van der Waals surface area contributed by atoms with Gasteiger partial charge in [-0.05, 0) is 20.3 Å². The zero-order valence-corrected chi connectivity index (χ0v) is 7.05. The molecule has 0 aromatic heterocycles. The highest BCUT2D eigenvalue weighted by Crippen LogP contribution is 2.31. The Morgan fingerprint density at radius 1 is 1.73 bits per heavy atom. The first-order chi connectivity index (χ1) is 5.19. The average Bonchev–Trinajstić information content (AvgIpc) is 2.70. The summed E-state index contributed by atoms with van der Waals surface area (Å²) in [6, 6.07) is 0. The van der Waals surface area contributed by atoms with Crippen LogP contribution in [-0.2, 0) is 4.74 Å². The van der Waals surface area contributed by atoms with Crippen molar-refractivity contribution in [3.05, 3.63) is 0 Å². The van der Waals surface area contributed by atoms with E-state index in [4.69, 9.17) is 4.74 Å². The average molecular weight is 154 g/mol. The van der Waals surface area contributed by atoms with Crippen LogP contribution >= 0.6 is 0 Å². The largest absolute Gasteiger partial charge is 0.390 e. The van der Waals surface area contributed by atoms with Crippen molar-refractivity contribution >= 4 is 0 Å². The summed E-state index contributed by atoms with van der Waals surface area (Å²) >= 11 is 0. The Labute approximate surface area is 67.6 Å². The van der Waals surface area contributed by atoms with Gasteiger partial charge in [-0.1, -0.05) is 0 Å². The molecule has 1 saturated heterocycles. The highest BCUT2D eigenvalue weighted by molar-refractivity contribution is 4.99. The predicted molar refractivity (Wildman–Crippen MR) is 43.0 cm³/mol. The number of aliphatic hydroxyl groups is 1. The van der Waals surface area contributed by atoms with E-state index in [0.29, 0.717) is 6.61 Å². The van der Waals surface area contributed by atoms with Gasteiger partial charge in [-0.15, -0.1) is 11.8 Å². The Hall–Kier alpha value is -0.520. The van der Waals surface area contributed by atoms with Crippen molar-refractivity contribution in [2.75, 3.05) is 6.61 Å². The molecule has 1 aliphatic rings. The molecule has 62 valence electrons. The molecule has 0 bridgehead atoms. The van der Waals surface area contributed by atoms with Crippen molar-refractivity contribution < 1.29 is 9.84 Å². The first kappa shape index (κ1) is 8.58. The van der Waals surface area contributed by atoms with Crippen molar-refractivity contribution in [3.8, 4) is 11.8 Å². The van der Waals surface area contributed by atoms with Gasteiger partial charge >= 0.3 is 0 Å². The van der Waals surface area contributed by atoms with E-state index in [2.05, 4.69) is 11.8 Å². The topological polar surface area (TPSA) is 32.8 Å². The van der Waals surface area contributed by atoms with Gasteiger partial charge < -0.3 is 9.84 Å². The Balaban J connectivity index is 2.19. The number of epoxide rings is 1. The zero-order valence-electron chi connectivity index (χ0n) is 7.05. The van der Waals surface area contributed by atoms with Gasteiger partial charge in [-0.3, -0.25) is 0 Å². The van der Waals surface area contributed by atoms with E-state index in [1.54, 1.807) is 0 Å². The minimum Gasteiger partial charge on any atom is -0.390 e. The van der Waals surface area contributed by atoms with Gasteiger partial charge in [0, 0.05) is 6.42 Å². The molecular formula is C9H14O2. The maximum Gasteiger partial charge on any atom is 0.115 e. The molecule has 2 atom stereocenters. The van der Waals surface area contributed by atoms with Crippen LogP contribution in [0.1, 0.15) is 26.7 Å². The first-order valence-electron chi connectivity index (χ1n) is 3.91. The van der Waals surface area contributed by atoms with Crippen molar-refractivity contribution in [2.45, 2.75) is 38.4 Å². The Morgan fingerprint density at radius 2 is 2.36 bits per heavy atom. The molecular weight excluding hydrogens is 140 g/mol. The standard InChI is InChI=1S/C9H14O2/c1-3-4-5-6-8(10)9(2)7-11-9/h8,10H,5-7H2,1-2H3. The molecule has 11 heavy (non-hydrogen) atoms. The number of hydrogen-bond acceptors (Lipinski definition) is 2. The van der Waals surface area contributed by atoms with Crippen LogP contribution in [0.5, 0.6) is 0 Å². The summed E-state index contributed by atoms with van der Waals surface area (Å²) in [6.45, 7) is 4.42. The van der Waals surface area contributed by atoms with Crippen molar-refractivity contribution in [3.63, 3.8) is 0 Å². The molecule has 1 aliphatic heterocycles. The second kappa shape index (κ2) is 3.25. The summed E-state index contributed by atoms with van der Waals surface area (Å²) in [5, 5.41) is 9.48. The lowest BCUT2D eigenvalue weighted by Gasteiger charge is -2.11. The Kier molecular flexibility index (Phi) is 2.53. The van der Waals surface area contributed by atoms with E-state index in [0.717, 1.165) is 12.8 Å². The minimum absolute atomic E-state index is 0.255. The van der Waals surface area contributed by atoms with Gasteiger partial charge in [0.05, 0.1) is 12.7 Å². The van der Waals surface area contributed by atoms with Crippen LogP contribution in [0.25, 0.3) is 0 Å². The summed E-state index contributed by atoms with van der Waals surface area (Å²) in [7, 11) is 0. The number of hydrogen-bond donors (Lipinski definition) is 1. The smallest absolute Gasteiger partial charge is 0.115 e. The van der Waals surface area contributed by atoms with Crippen LogP contribution in [0.15, 0.2) is 0 Å². The molecule has 0 saturated carbocycles. The van der Waals surface area contributed by atoms with Crippen molar-refractivity contribution in [1.82, 2.24) is 0 Å². The maximum absolute atomic E-state index is 9.48. The highest BCUT2D eigenvalue weighted by atomic mass is 16.6. The molecule has 0 spiro atoms. The lowest BCUT2D eigenvalue weighted by atomic mass is 10.0. The third-order valence-electron chi connectivity index (χ3n) is 2.02. The summed E-state index contributed by atoms with van der Waals surface area (Å²) in [6.07, 6.45) is 1.14. The normalized spacial score (nSPS) is 30.5. The second-order valence-electron chi connectivity index (χ2n) is 3.08. The first-order valence-corrected chi connectivity index (χ1v) is 3.91. The predicted octanol–water partition coefficient (Wildman–Crippen LogP) is 0.940. The summed E-state index contributed by atoms with van der Waals surface area (Å²) in [4.78, 5) is 0. The van der Waals surface area contributed by atoms with Gasteiger partial charge in [0.15, 0.2) is 0 Å². The summed E-state index contributed by atoms with van der Waals surface area (Å²) in [5.41, 5.74) is -0.255. The highest BCUT2D eigenvalue weighted by Gasteiger charge is 2.45. The van der Waals surface area contributed by atoms with Gasteiger partial charge in [0.25, 0.3) is 0 Å². The van der Waals surface area contributed by atoms with E-state index in [-0.39, 0.29) is 11.7 Å². The SMILES string of the molecule is CC#CCCC(O)C1(C)CO1. The fraction of sp³-hybridized carbons (Fsp3) is 0.778. The molecule has 0 aromatic rings. The van der Waals surface area contributed by atoms with Gasteiger partial charge in [-0.25, -0.2) is 0 Å². The van der Waals surface area contributed by atoms with E-state index in [1.807, 2.05) is 13.8 Å². The molecule has 2 nitrogen and oxygen atoms in total. The van der Waals surface area contributed by atoms with E-state index < -0.39 is 0 Å². The molecule has 1 fully saturated rings. The molecule has 0 radical (unpaired) electrons. The third kappa shape index (κ3) is 2.21. The minimum atomic E-state index is -0.344. The van der Waals surface area contributed by atoms with Gasteiger partial charge in [0.1, 0.15) is 5.60 Å². The van der Waals surface area contributed by atoms with Crippen LogP contribution < -0.4 is 0 Å². The fourth-order valence-electron chi connectivity index (χ4n) is 0.945. The molecule has 1 rings (SSSR count). The van der Waals surface area contributed by atoms with Crippen molar-refractivity contribution in [1.29, 1.82) is 0 Å². The third-order valence-corrected chi connectivity index (χ3v) is 2.02. The van der Waals surface area contributed by atoms with E-state index in [1.165, 1.54) is 0 Å². The molecule has 1 N–H and O–H groups in total. The quantitative estimate of drug-likeness (QED) is 0.484. The van der Waals surface area contributed by atoms with Crippen LogP contribution in [0.3, 0.4) is 0 Å². The monoisotopic (exact) mass is 154 g/mol. The maximum atomic E-state index is 9.48. The molecule has 0 aliphatic carbocycles. The zero-order chi connectivity index (χ0) is 8.32. The molecule has 1 heterocycles. The number of ether oxygens (including phenoxy) is 1. The lowest BCUT2D eigenvalue weighted by molar-refractivity contribution is 0.0788. The van der Waals surface area contributed by atoms with Crippen LogP contribution in [0.2, 0.25) is 0 Å². The van der Waals surface area contributed by atoms with E-state index >= 15 is 0 Å². The van der Waals surface area contributed by atoms with Crippen LogP contribution in [0.4, 0.5) is 0 Å². The van der Waals surface area contributed by atoms with Gasteiger partial charge in [0.2, 0.25) is 0 Å². The van der Waals surface area contributed by atoms with Crippen molar-refractivity contribution in [2.24, 2.45) is 0 Å². The summed E-state index contributed by atoms with van der Waals surface area (Å²) in [5.74, 6) is 5.71. The Bertz CT molecular complexity index is 183. The van der Waals surface area contributed by atoms with Crippen LogP contribution in [-0.4, -0.2) is 23.4 Å². The molecule has 2 unspecified atom stereocenters. The molecule has 2 heteroatoms. The second-order valence-corrected chi connectivity index (χ2v) is 3.08. The van der Waals surface area contributed by atoms with E-state index in [9.17, 15) is 5.11 Å². The summed E-state index contributed by atoms with van der Waals surface area (Å²) < 4.78 is 5.09. The molecule has 0 amide bonds.